The van der Waals surface area contributed by atoms with Crippen LogP contribution in [0.25, 0.3) is 11.0 Å². The average Bonchev–Trinajstić information content (AvgIpc) is 2.87. The second kappa shape index (κ2) is 7.44. The van der Waals surface area contributed by atoms with Crippen molar-refractivity contribution >= 4 is 58.4 Å². The number of fused-ring (bicyclic) bond motifs is 1. The third-order valence-corrected chi connectivity index (χ3v) is 4.81. The molecule has 128 valence electrons. The maximum atomic E-state index is 12.7. The van der Waals surface area contributed by atoms with Gasteiger partial charge in [-0.05, 0) is 35.9 Å². The van der Waals surface area contributed by atoms with Gasteiger partial charge in [-0.2, -0.15) is 13.2 Å². The molecular formula is C15H10Cl3F3N2S. The van der Waals surface area contributed by atoms with Crippen molar-refractivity contribution in [2.75, 3.05) is 0 Å². The van der Waals surface area contributed by atoms with E-state index in [0.29, 0.717) is 32.0 Å². The lowest BCUT2D eigenvalue weighted by molar-refractivity contribution is -0.137. The highest BCUT2D eigenvalue weighted by atomic mass is 35.5. The Labute approximate surface area is 156 Å². The zero-order valence-corrected chi connectivity index (χ0v) is 15.0. The predicted molar refractivity (Wildman–Crippen MR) is 94.4 cm³/mol. The van der Waals surface area contributed by atoms with Crippen LogP contribution in [0.5, 0.6) is 0 Å². The van der Waals surface area contributed by atoms with E-state index in [1.54, 1.807) is 18.2 Å². The summed E-state index contributed by atoms with van der Waals surface area (Å²) in [5.74, 6) is 0.463. The Bertz CT molecular complexity index is 845. The van der Waals surface area contributed by atoms with Crippen LogP contribution in [0.4, 0.5) is 13.2 Å². The van der Waals surface area contributed by atoms with Crippen LogP contribution in [0.15, 0.2) is 41.6 Å². The number of alkyl halides is 3. The zero-order chi connectivity index (χ0) is 16.6. The van der Waals surface area contributed by atoms with Gasteiger partial charge in [-0.15, -0.1) is 12.4 Å². The number of halogens is 6. The first-order valence-electron chi connectivity index (χ1n) is 6.47. The minimum Gasteiger partial charge on any atom is -0.333 e. The highest BCUT2D eigenvalue weighted by Crippen LogP contribution is 2.33. The van der Waals surface area contributed by atoms with E-state index in [2.05, 4.69) is 9.97 Å². The van der Waals surface area contributed by atoms with Crippen LogP contribution in [-0.2, 0) is 11.9 Å². The molecule has 0 radical (unpaired) electrons. The van der Waals surface area contributed by atoms with Gasteiger partial charge in [-0.25, -0.2) is 4.98 Å². The molecule has 2 aromatic carbocycles. The Morgan fingerprint density at radius 3 is 2.38 bits per heavy atom. The summed E-state index contributed by atoms with van der Waals surface area (Å²) in [5.41, 5.74) is 0.870. The molecular weight excluding hydrogens is 404 g/mol. The van der Waals surface area contributed by atoms with Crippen molar-refractivity contribution in [3.63, 3.8) is 0 Å². The highest BCUT2D eigenvalue weighted by Gasteiger charge is 2.30. The third-order valence-electron chi connectivity index (χ3n) is 3.20. The minimum absolute atomic E-state index is 0. The van der Waals surface area contributed by atoms with Crippen molar-refractivity contribution < 1.29 is 13.2 Å². The number of aromatic nitrogens is 2. The summed E-state index contributed by atoms with van der Waals surface area (Å²) in [5, 5.41) is 1.59. The van der Waals surface area contributed by atoms with Crippen molar-refractivity contribution in [2.45, 2.75) is 17.1 Å². The van der Waals surface area contributed by atoms with E-state index in [0.717, 1.165) is 17.7 Å². The molecule has 2 nitrogen and oxygen atoms in total. The smallest absolute Gasteiger partial charge is 0.333 e. The second-order valence-corrected chi connectivity index (χ2v) is 6.54. The van der Waals surface area contributed by atoms with Gasteiger partial charge >= 0.3 is 6.18 Å². The van der Waals surface area contributed by atoms with Crippen LogP contribution < -0.4 is 0 Å². The largest absolute Gasteiger partial charge is 0.416 e. The fourth-order valence-corrected chi connectivity index (χ4v) is 3.67. The van der Waals surface area contributed by atoms with E-state index in [9.17, 15) is 13.2 Å². The number of nitrogens with zero attached hydrogens (tertiary/aromatic N) is 1. The van der Waals surface area contributed by atoms with E-state index in [1.165, 1.54) is 17.8 Å². The molecule has 0 amide bonds. The molecule has 1 heterocycles. The Morgan fingerprint density at radius 2 is 1.75 bits per heavy atom. The number of nitrogens with one attached hydrogen (secondary N) is 1. The molecule has 3 rings (SSSR count). The Kier molecular flexibility index (Phi) is 5.96. The van der Waals surface area contributed by atoms with Gasteiger partial charge in [0.15, 0.2) is 5.16 Å². The summed E-state index contributed by atoms with van der Waals surface area (Å²) in [6, 6.07) is 8.63. The van der Waals surface area contributed by atoms with Crippen molar-refractivity contribution in [3.8, 4) is 0 Å². The van der Waals surface area contributed by atoms with Gasteiger partial charge in [-0.1, -0.05) is 41.0 Å². The standard InChI is InChI=1S/C15H9Cl2F3N2S.ClH/c16-10-2-1-3-11(17)9(10)7-23-14-21-12-5-4-8(15(18,19)20)6-13(12)22-14;/h1-6H,7H2,(H,21,22);1H. The van der Waals surface area contributed by atoms with Crippen LogP contribution in [0.2, 0.25) is 10.0 Å². The number of hydrogen-bond acceptors (Lipinski definition) is 2. The molecule has 24 heavy (non-hydrogen) atoms. The predicted octanol–water partition coefficient (Wildman–Crippen LogP) is 6.60. The van der Waals surface area contributed by atoms with E-state index < -0.39 is 11.7 Å². The third kappa shape index (κ3) is 4.11. The van der Waals surface area contributed by atoms with Crippen LogP contribution >= 0.6 is 47.4 Å². The van der Waals surface area contributed by atoms with Crippen LogP contribution in [0, 0.1) is 0 Å². The van der Waals surface area contributed by atoms with Crippen molar-refractivity contribution in [2.24, 2.45) is 0 Å². The molecule has 0 bridgehead atoms. The fraction of sp³-hybridized carbons (Fsp3) is 0.133. The van der Waals surface area contributed by atoms with E-state index >= 15 is 0 Å². The summed E-state index contributed by atoms with van der Waals surface area (Å²) in [6.45, 7) is 0. The van der Waals surface area contributed by atoms with Crippen molar-refractivity contribution in [1.82, 2.24) is 9.97 Å². The van der Waals surface area contributed by atoms with Gasteiger partial charge in [0.25, 0.3) is 0 Å². The monoisotopic (exact) mass is 412 g/mol. The van der Waals surface area contributed by atoms with Crippen LogP contribution in [-0.4, -0.2) is 9.97 Å². The molecule has 0 spiro atoms. The maximum absolute atomic E-state index is 12.7. The number of thioether (sulfide) groups is 1. The molecule has 3 aromatic rings. The SMILES string of the molecule is Cl.FC(F)(F)c1ccc2nc(SCc3c(Cl)cccc3Cl)[nH]c2c1. The summed E-state index contributed by atoms with van der Waals surface area (Å²) in [7, 11) is 0. The van der Waals surface area contributed by atoms with Gasteiger partial charge in [0, 0.05) is 15.8 Å². The topological polar surface area (TPSA) is 28.7 Å². The number of H-pyrrole nitrogens is 1. The van der Waals surface area contributed by atoms with E-state index in [4.69, 9.17) is 23.2 Å². The van der Waals surface area contributed by atoms with Crippen molar-refractivity contribution in [1.29, 1.82) is 0 Å². The van der Waals surface area contributed by atoms with Crippen LogP contribution in [0.1, 0.15) is 11.1 Å². The van der Waals surface area contributed by atoms with Crippen LogP contribution in [0.3, 0.4) is 0 Å². The number of benzene rings is 2. The molecule has 0 aliphatic carbocycles. The van der Waals surface area contributed by atoms with Gasteiger partial charge in [0.2, 0.25) is 0 Å². The molecule has 0 aliphatic rings. The quantitative estimate of drug-likeness (QED) is 0.490. The molecule has 9 heteroatoms. The summed E-state index contributed by atoms with van der Waals surface area (Å²) < 4.78 is 38.1. The second-order valence-electron chi connectivity index (χ2n) is 4.76. The average molecular weight is 414 g/mol. The normalized spacial score (nSPS) is 11.5. The van der Waals surface area contributed by atoms with E-state index in [1.807, 2.05) is 0 Å². The lowest BCUT2D eigenvalue weighted by atomic mass is 10.2. The molecule has 1 aromatic heterocycles. The molecule has 0 saturated heterocycles. The molecule has 0 fully saturated rings. The summed E-state index contributed by atoms with van der Waals surface area (Å²) >= 11 is 13.5. The molecule has 0 saturated carbocycles. The number of rotatable bonds is 3. The molecule has 0 unspecified atom stereocenters. The lowest BCUT2D eigenvalue weighted by Gasteiger charge is -2.05. The maximum Gasteiger partial charge on any atom is 0.416 e. The first kappa shape index (κ1) is 19.2. The van der Waals surface area contributed by atoms with Gasteiger partial charge in [0.05, 0.1) is 16.6 Å². The molecule has 0 aliphatic heterocycles. The van der Waals surface area contributed by atoms with Gasteiger partial charge in [0.1, 0.15) is 0 Å². The Balaban J connectivity index is 0.00000208. The molecule has 0 atom stereocenters. The fourth-order valence-electron chi connectivity index (χ4n) is 2.04. The minimum atomic E-state index is -4.38. The molecule has 1 N–H and O–H groups in total. The highest BCUT2D eigenvalue weighted by molar-refractivity contribution is 7.98. The first-order valence-corrected chi connectivity index (χ1v) is 8.21. The zero-order valence-electron chi connectivity index (χ0n) is 11.8. The Morgan fingerprint density at radius 1 is 1.08 bits per heavy atom. The van der Waals surface area contributed by atoms with Gasteiger partial charge in [-0.3, -0.25) is 0 Å². The first-order chi connectivity index (χ1) is 10.8. The number of imidazole rings is 1. The lowest BCUT2D eigenvalue weighted by Crippen LogP contribution is -2.04. The van der Waals surface area contributed by atoms with E-state index in [-0.39, 0.29) is 12.4 Å². The number of aromatic amines is 1. The summed E-state index contributed by atoms with van der Waals surface area (Å²) in [6.07, 6.45) is -4.38. The summed E-state index contributed by atoms with van der Waals surface area (Å²) in [4.78, 5) is 7.15. The van der Waals surface area contributed by atoms with Gasteiger partial charge < -0.3 is 4.98 Å². The number of hydrogen-bond donors (Lipinski definition) is 1. The van der Waals surface area contributed by atoms with Crippen molar-refractivity contribution in [3.05, 3.63) is 57.6 Å². The Hall–Kier alpha value is -1.08.